The van der Waals surface area contributed by atoms with Gasteiger partial charge >= 0.3 is 0 Å². The Hall–Kier alpha value is -0.570. The van der Waals surface area contributed by atoms with Crippen molar-refractivity contribution in [1.82, 2.24) is 5.32 Å². The van der Waals surface area contributed by atoms with Crippen LogP contribution in [0.4, 0.5) is 0 Å². The zero-order valence-electron chi connectivity index (χ0n) is 10.7. The van der Waals surface area contributed by atoms with Gasteiger partial charge in [0, 0.05) is 18.5 Å². The first kappa shape index (κ1) is 13.5. The van der Waals surface area contributed by atoms with Crippen LogP contribution >= 0.6 is 0 Å². The van der Waals surface area contributed by atoms with Crippen molar-refractivity contribution in [1.29, 1.82) is 0 Å². The van der Waals surface area contributed by atoms with Crippen LogP contribution in [0.1, 0.15) is 52.4 Å². The molecule has 0 spiro atoms. The van der Waals surface area contributed by atoms with Gasteiger partial charge in [-0.2, -0.15) is 0 Å². The van der Waals surface area contributed by atoms with Gasteiger partial charge in [-0.15, -0.1) is 0 Å². The Balaban J connectivity index is 2.24. The first-order valence-corrected chi connectivity index (χ1v) is 6.72. The summed E-state index contributed by atoms with van der Waals surface area (Å²) in [6, 6.07) is 0.111. The van der Waals surface area contributed by atoms with Gasteiger partial charge in [0.25, 0.3) is 0 Å². The van der Waals surface area contributed by atoms with Crippen LogP contribution in [0.2, 0.25) is 0 Å². The maximum atomic E-state index is 11.8. The summed E-state index contributed by atoms with van der Waals surface area (Å²) in [4.78, 5) is 11.8. The van der Waals surface area contributed by atoms with Crippen molar-refractivity contribution >= 4 is 5.91 Å². The molecular formula is C13H26N2O. The summed E-state index contributed by atoms with van der Waals surface area (Å²) in [5.74, 6) is 1.01. The number of nitrogens with one attached hydrogen (secondary N) is 1. The van der Waals surface area contributed by atoms with Crippen LogP contribution in [-0.4, -0.2) is 18.5 Å². The Kier molecular flexibility index (Phi) is 5.81. The van der Waals surface area contributed by atoms with Gasteiger partial charge < -0.3 is 11.1 Å². The minimum atomic E-state index is 0.111. The van der Waals surface area contributed by atoms with Crippen molar-refractivity contribution in [3.63, 3.8) is 0 Å². The average Bonchev–Trinajstić information content (AvgIpc) is 2.81. The smallest absolute Gasteiger partial charge is 0.223 e. The number of nitrogens with two attached hydrogens (primary N) is 1. The second-order valence-corrected chi connectivity index (χ2v) is 4.97. The van der Waals surface area contributed by atoms with E-state index in [4.69, 9.17) is 5.73 Å². The van der Waals surface area contributed by atoms with Gasteiger partial charge in [0.15, 0.2) is 0 Å². The van der Waals surface area contributed by atoms with E-state index in [9.17, 15) is 4.79 Å². The molecule has 1 saturated carbocycles. The molecule has 1 rings (SSSR count). The molecule has 1 unspecified atom stereocenters. The van der Waals surface area contributed by atoms with E-state index in [1.54, 1.807) is 0 Å². The molecule has 0 heterocycles. The summed E-state index contributed by atoms with van der Waals surface area (Å²) in [6.45, 7) is 4.96. The first-order valence-electron chi connectivity index (χ1n) is 6.72. The number of rotatable bonds is 6. The molecular weight excluding hydrogens is 200 g/mol. The van der Waals surface area contributed by atoms with Gasteiger partial charge in [-0.3, -0.25) is 4.79 Å². The van der Waals surface area contributed by atoms with Gasteiger partial charge in [-0.1, -0.05) is 39.5 Å². The molecule has 1 aliphatic rings. The van der Waals surface area contributed by atoms with E-state index in [1.807, 2.05) is 0 Å². The normalized spacial score (nSPS) is 19.0. The lowest BCUT2D eigenvalue weighted by Crippen LogP contribution is -2.43. The third-order valence-corrected chi connectivity index (χ3v) is 3.89. The van der Waals surface area contributed by atoms with Gasteiger partial charge in [0.05, 0.1) is 0 Å². The fourth-order valence-electron chi connectivity index (χ4n) is 2.61. The predicted octanol–water partition coefficient (Wildman–Crippen LogP) is 2.06. The maximum absolute atomic E-state index is 11.8. The van der Waals surface area contributed by atoms with Crippen molar-refractivity contribution in [2.75, 3.05) is 6.54 Å². The summed E-state index contributed by atoms with van der Waals surface area (Å²) in [5, 5.41) is 3.01. The lowest BCUT2D eigenvalue weighted by Gasteiger charge is -2.22. The largest absolute Gasteiger partial charge is 0.354 e. The molecule has 0 aliphatic heterocycles. The Morgan fingerprint density at radius 1 is 1.31 bits per heavy atom. The molecule has 3 heteroatoms. The third kappa shape index (κ3) is 3.78. The molecule has 16 heavy (non-hydrogen) atoms. The van der Waals surface area contributed by atoms with Crippen LogP contribution in [0.15, 0.2) is 0 Å². The first-order chi connectivity index (χ1) is 7.69. The van der Waals surface area contributed by atoms with Crippen molar-refractivity contribution < 1.29 is 4.79 Å². The van der Waals surface area contributed by atoms with Crippen molar-refractivity contribution in [2.24, 2.45) is 17.6 Å². The average molecular weight is 226 g/mol. The lowest BCUT2D eigenvalue weighted by atomic mass is 9.94. The molecule has 1 fully saturated rings. The SMILES string of the molecule is CCC(CC)C(N)CNC(=O)C1CCCC1. The molecule has 1 aliphatic carbocycles. The maximum Gasteiger partial charge on any atom is 0.223 e. The summed E-state index contributed by atoms with van der Waals surface area (Å²) in [5.41, 5.74) is 6.07. The second kappa shape index (κ2) is 6.89. The zero-order chi connectivity index (χ0) is 12.0. The summed E-state index contributed by atoms with van der Waals surface area (Å²) in [6.07, 6.45) is 6.72. The van der Waals surface area contributed by atoms with Gasteiger partial charge in [-0.25, -0.2) is 0 Å². The van der Waals surface area contributed by atoms with E-state index in [2.05, 4.69) is 19.2 Å². The standard InChI is InChI=1S/C13H26N2O/c1-3-10(4-2)12(14)9-15-13(16)11-7-5-6-8-11/h10-12H,3-9,14H2,1-2H3,(H,15,16). The summed E-state index contributed by atoms with van der Waals surface area (Å²) >= 11 is 0. The van der Waals surface area contributed by atoms with Crippen LogP contribution in [-0.2, 0) is 4.79 Å². The van der Waals surface area contributed by atoms with Gasteiger partial charge in [0.1, 0.15) is 0 Å². The lowest BCUT2D eigenvalue weighted by molar-refractivity contribution is -0.124. The minimum Gasteiger partial charge on any atom is -0.354 e. The van der Waals surface area contributed by atoms with Gasteiger partial charge in [-0.05, 0) is 18.8 Å². The molecule has 0 aromatic rings. The number of hydrogen-bond acceptors (Lipinski definition) is 2. The topological polar surface area (TPSA) is 55.1 Å². The fourth-order valence-corrected chi connectivity index (χ4v) is 2.61. The Bertz CT molecular complexity index is 208. The third-order valence-electron chi connectivity index (χ3n) is 3.89. The summed E-state index contributed by atoms with van der Waals surface area (Å²) < 4.78 is 0. The van der Waals surface area contributed by atoms with Crippen LogP contribution in [0.25, 0.3) is 0 Å². The number of carbonyl (C=O) groups is 1. The van der Waals surface area contributed by atoms with Crippen LogP contribution in [0.5, 0.6) is 0 Å². The van der Waals surface area contributed by atoms with Crippen LogP contribution < -0.4 is 11.1 Å². The highest BCUT2D eigenvalue weighted by atomic mass is 16.1. The Labute approximate surface area is 99.2 Å². The molecule has 0 aromatic carbocycles. The number of amides is 1. The van der Waals surface area contributed by atoms with Crippen molar-refractivity contribution in [3.05, 3.63) is 0 Å². The molecule has 1 atom stereocenters. The highest BCUT2D eigenvalue weighted by molar-refractivity contribution is 5.78. The van der Waals surface area contributed by atoms with E-state index in [0.717, 1.165) is 25.7 Å². The van der Waals surface area contributed by atoms with E-state index < -0.39 is 0 Å². The second-order valence-electron chi connectivity index (χ2n) is 4.97. The Morgan fingerprint density at radius 3 is 2.38 bits per heavy atom. The zero-order valence-corrected chi connectivity index (χ0v) is 10.7. The quantitative estimate of drug-likeness (QED) is 0.728. The van der Waals surface area contributed by atoms with Crippen LogP contribution in [0, 0.1) is 11.8 Å². The fraction of sp³-hybridized carbons (Fsp3) is 0.923. The van der Waals surface area contributed by atoms with E-state index >= 15 is 0 Å². The minimum absolute atomic E-state index is 0.111. The predicted molar refractivity (Wildman–Crippen MR) is 67.0 cm³/mol. The van der Waals surface area contributed by atoms with Crippen molar-refractivity contribution in [3.8, 4) is 0 Å². The van der Waals surface area contributed by atoms with E-state index in [1.165, 1.54) is 12.8 Å². The Morgan fingerprint density at radius 2 is 1.88 bits per heavy atom. The highest BCUT2D eigenvalue weighted by Crippen LogP contribution is 2.24. The molecule has 0 radical (unpaired) electrons. The summed E-state index contributed by atoms with van der Waals surface area (Å²) in [7, 11) is 0. The molecule has 3 N–H and O–H groups in total. The molecule has 94 valence electrons. The monoisotopic (exact) mass is 226 g/mol. The molecule has 0 bridgehead atoms. The number of hydrogen-bond donors (Lipinski definition) is 2. The van der Waals surface area contributed by atoms with E-state index in [0.29, 0.717) is 12.5 Å². The van der Waals surface area contributed by atoms with Gasteiger partial charge in [0.2, 0.25) is 5.91 Å². The molecule has 3 nitrogen and oxygen atoms in total. The molecule has 0 aromatic heterocycles. The molecule has 0 saturated heterocycles. The number of carbonyl (C=O) groups excluding carboxylic acids is 1. The van der Waals surface area contributed by atoms with Crippen LogP contribution in [0.3, 0.4) is 0 Å². The van der Waals surface area contributed by atoms with Crippen molar-refractivity contribution in [2.45, 2.75) is 58.4 Å². The molecule has 1 amide bonds. The highest BCUT2D eigenvalue weighted by Gasteiger charge is 2.23. The van der Waals surface area contributed by atoms with E-state index in [-0.39, 0.29) is 17.9 Å².